The van der Waals surface area contributed by atoms with Crippen molar-refractivity contribution in [3.05, 3.63) is 60.8 Å². The minimum absolute atomic E-state index is 0.127. The molecule has 8 heteroatoms. The second kappa shape index (κ2) is 7.48. The number of anilines is 2. The van der Waals surface area contributed by atoms with Gasteiger partial charge in [-0.05, 0) is 43.7 Å². The van der Waals surface area contributed by atoms with Crippen LogP contribution < -0.4 is 10.2 Å². The fraction of sp³-hybridized carbons (Fsp3) is 0.238. The van der Waals surface area contributed by atoms with Crippen molar-refractivity contribution >= 4 is 17.4 Å². The molecule has 0 spiro atoms. The van der Waals surface area contributed by atoms with Crippen LogP contribution in [0.25, 0.3) is 11.1 Å². The molecule has 1 amide bonds. The van der Waals surface area contributed by atoms with Crippen molar-refractivity contribution in [2.75, 3.05) is 23.3 Å². The Bertz CT molecular complexity index is 1020. The molecule has 3 aromatic rings. The fourth-order valence-electron chi connectivity index (χ4n) is 3.36. The number of aromatic hydroxyl groups is 1. The van der Waals surface area contributed by atoms with E-state index in [-0.39, 0.29) is 11.7 Å². The molecule has 148 valence electrons. The number of aromatic nitrogens is 3. The summed E-state index contributed by atoms with van der Waals surface area (Å²) >= 11 is 0. The fourth-order valence-corrected chi connectivity index (χ4v) is 3.36. The van der Waals surface area contributed by atoms with Gasteiger partial charge in [-0.15, -0.1) is 0 Å². The number of amides is 1. The molecule has 1 aliphatic heterocycles. The van der Waals surface area contributed by atoms with Gasteiger partial charge in [-0.1, -0.05) is 0 Å². The van der Waals surface area contributed by atoms with E-state index in [1.165, 1.54) is 24.7 Å². The van der Waals surface area contributed by atoms with E-state index in [0.717, 1.165) is 11.1 Å². The van der Waals surface area contributed by atoms with E-state index in [1.54, 1.807) is 37.5 Å². The van der Waals surface area contributed by atoms with Crippen molar-refractivity contribution in [3.8, 4) is 16.9 Å². The second-order valence-electron chi connectivity index (χ2n) is 7.39. The summed E-state index contributed by atoms with van der Waals surface area (Å²) in [6.45, 7) is 2.93. The number of hydrogen-bond donors (Lipinski definition) is 3. The van der Waals surface area contributed by atoms with Crippen molar-refractivity contribution in [3.63, 3.8) is 0 Å². The minimum Gasteiger partial charge on any atom is -0.508 e. The number of pyridine rings is 1. The number of nitrogens with zero attached hydrogens (tertiary/aromatic N) is 4. The van der Waals surface area contributed by atoms with Crippen LogP contribution in [0.1, 0.15) is 23.7 Å². The smallest absolute Gasteiger partial charge is 0.257 e. The van der Waals surface area contributed by atoms with Gasteiger partial charge < -0.3 is 20.4 Å². The molecule has 3 N–H and O–H groups in total. The van der Waals surface area contributed by atoms with Crippen LogP contribution in [0.15, 0.2) is 55.2 Å². The summed E-state index contributed by atoms with van der Waals surface area (Å²) in [5.41, 5.74) is 1.63. The molecule has 4 rings (SSSR count). The second-order valence-corrected chi connectivity index (χ2v) is 7.39. The average Bonchev–Trinajstić information content (AvgIpc) is 3.09. The summed E-state index contributed by atoms with van der Waals surface area (Å²) < 4.78 is 0. The highest BCUT2D eigenvalue weighted by Crippen LogP contribution is 2.33. The number of carbonyl (C=O) groups is 1. The molecule has 0 bridgehead atoms. The van der Waals surface area contributed by atoms with Gasteiger partial charge in [0.15, 0.2) is 0 Å². The molecule has 0 saturated carbocycles. The molecule has 1 fully saturated rings. The SMILES string of the molecule is CC1(O)CCN(c2ncc(C(=O)Nc3ccc(O)cc3)cc2-c2cncnc2)C1. The molecule has 2 aromatic heterocycles. The number of rotatable bonds is 4. The molecule has 1 aliphatic rings. The summed E-state index contributed by atoms with van der Waals surface area (Å²) in [6.07, 6.45) is 6.94. The number of β-amino-alcohol motifs (C(OH)–C–C–N with tert-alkyl or cyclic N) is 1. The van der Waals surface area contributed by atoms with Crippen LogP contribution in [0.2, 0.25) is 0 Å². The summed E-state index contributed by atoms with van der Waals surface area (Å²) in [4.78, 5) is 27.4. The lowest BCUT2D eigenvalue weighted by molar-refractivity contribution is 0.0838. The zero-order valence-electron chi connectivity index (χ0n) is 15.9. The van der Waals surface area contributed by atoms with E-state index < -0.39 is 5.60 Å². The maximum Gasteiger partial charge on any atom is 0.257 e. The van der Waals surface area contributed by atoms with Gasteiger partial charge in [0.05, 0.1) is 11.2 Å². The summed E-state index contributed by atoms with van der Waals surface area (Å²) in [5.74, 6) is 0.488. The molecule has 1 unspecified atom stereocenters. The maximum absolute atomic E-state index is 12.7. The normalized spacial score (nSPS) is 18.6. The number of benzene rings is 1. The van der Waals surface area contributed by atoms with E-state index in [0.29, 0.717) is 36.6 Å². The number of aliphatic hydroxyl groups is 1. The first kappa shape index (κ1) is 18.8. The Balaban J connectivity index is 1.68. The monoisotopic (exact) mass is 391 g/mol. The van der Waals surface area contributed by atoms with E-state index >= 15 is 0 Å². The lowest BCUT2D eigenvalue weighted by atomic mass is 10.1. The first-order valence-electron chi connectivity index (χ1n) is 9.24. The first-order valence-corrected chi connectivity index (χ1v) is 9.24. The number of phenolic OH excluding ortho intramolecular Hbond substituents is 1. The number of phenols is 1. The molecule has 29 heavy (non-hydrogen) atoms. The highest BCUT2D eigenvalue weighted by atomic mass is 16.3. The van der Waals surface area contributed by atoms with Gasteiger partial charge in [0.2, 0.25) is 0 Å². The predicted octanol–water partition coefficient (Wildman–Crippen LogP) is 2.46. The van der Waals surface area contributed by atoms with Gasteiger partial charge in [0, 0.05) is 48.5 Å². The van der Waals surface area contributed by atoms with Gasteiger partial charge in [-0.2, -0.15) is 0 Å². The van der Waals surface area contributed by atoms with Crippen LogP contribution in [-0.4, -0.2) is 49.8 Å². The van der Waals surface area contributed by atoms with Crippen LogP contribution in [0, 0.1) is 0 Å². The molecule has 1 atom stereocenters. The molecular weight excluding hydrogens is 370 g/mol. The van der Waals surface area contributed by atoms with Gasteiger partial charge >= 0.3 is 0 Å². The van der Waals surface area contributed by atoms with Crippen LogP contribution in [0.4, 0.5) is 11.5 Å². The van der Waals surface area contributed by atoms with Crippen LogP contribution >= 0.6 is 0 Å². The third-order valence-corrected chi connectivity index (χ3v) is 4.88. The summed E-state index contributed by atoms with van der Waals surface area (Å²) in [6, 6.07) is 8.00. The van der Waals surface area contributed by atoms with Crippen LogP contribution in [0.5, 0.6) is 5.75 Å². The van der Waals surface area contributed by atoms with Crippen molar-refractivity contribution < 1.29 is 15.0 Å². The topological polar surface area (TPSA) is 111 Å². The number of nitrogens with one attached hydrogen (secondary N) is 1. The standard InChI is InChI=1S/C21H21N5O3/c1-21(29)6-7-26(12-21)19-18(15-9-22-13-23-10-15)8-14(11-24-19)20(28)25-16-2-4-17(27)5-3-16/h2-5,8-11,13,27,29H,6-7,12H2,1H3,(H,25,28). The Morgan fingerprint density at radius 1 is 1.17 bits per heavy atom. The van der Waals surface area contributed by atoms with E-state index in [4.69, 9.17) is 0 Å². The van der Waals surface area contributed by atoms with Crippen molar-refractivity contribution in [1.82, 2.24) is 15.0 Å². The Labute approximate surface area is 167 Å². The molecule has 0 radical (unpaired) electrons. The van der Waals surface area contributed by atoms with Gasteiger partial charge in [-0.3, -0.25) is 4.79 Å². The third-order valence-electron chi connectivity index (χ3n) is 4.88. The van der Waals surface area contributed by atoms with E-state index in [1.807, 2.05) is 4.90 Å². The molecular formula is C21H21N5O3. The van der Waals surface area contributed by atoms with Crippen LogP contribution in [-0.2, 0) is 0 Å². The maximum atomic E-state index is 12.7. The molecule has 3 heterocycles. The zero-order chi connectivity index (χ0) is 20.4. The number of hydrogen-bond acceptors (Lipinski definition) is 7. The Kier molecular flexibility index (Phi) is 4.85. The van der Waals surface area contributed by atoms with Gasteiger partial charge in [0.25, 0.3) is 5.91 Å². The third kappa shape index (κ3) is 4.17. The Morgan fingerprint density at radius 2 is 1.90 bits per heavy atom. The molecule has 1 aromatic carbocycles. The zero-order valence-corrected chi connectivity index (χ0v) is 15.9. The molecule has 1 saturated heterocycles. The van der Waals surface area contributed by atoms with Gasteiger partial charge in [0.1, 0.15) is 17.9 Å². The summed E-state index contributed by atoms with van der Waals surface area (Å²) in [7, 11) is 0. The Hall–Kier alpha value is -3.52. The lowest BCUT2D eigenvalue weighted by Crippen LogP contribution is -2.30. The highest BCUT2D eigenvalue weighted by molar-refractivity contribution is 6.05. The lowest BCUT2D eigenvalue weighted by Gasteiger charge is -2.22. The Morgan fingerprint density at radius 3 is 2.55 bits per heavy atom. The summed E-state index contributed by atoms with van der Waals surface area (Å²) in [5, 5.41) is 22.5. The predicted molar refractivity (Wildman–Crippen MR) is 109 cm³/mol. The van der Waals surface area contributed by atoms with E-state index in [9.17, 15) is 15.0 Å². The van der Waals surface area contributed by atoms with Crippen molar-refractivity contribution in [2.24, 2.45) is 0 Å². The molecule has 0 aliphatic carbocycles. The van der Waals surface area contributed by atoms with Gasteiger partial charge in [-0.25, -0.2) is 15.0 Å². The first-order chi connectivity index (χ1) is 13.9. The quantitative estimate of drug-likeness (QED) is 0.586. The minimum atomic E-state index is -0.777. The van der Waals surface area contributed by atoms with E-state index in [2.05, 4.69) is 20.3 Å². The number of carbonyl (C=O) groups excluding carboxylic acids is 1. The van der Waals surface area contributed by atoms with Crippen molar-refractivity contribution in [1.29, 1.82) is 0 Å². The highest BCUT2D eigenvalue weighted by Gasteiger charge is 2.33. The van der Waals surface area contributed by atoms with Crippen molar-refractivity contribution in [2.45, 2.75) is 18.9 Å². The van der Waals surface area contributed by atoms with Crippen LogP contribution in [0.3, 0.4) is 0 Å². The largest absolute Gasteiger partial charge is 0.508 e. The average molecular weight is 391 g/mol. The molecule has 8 nitrogen and oxygen atoms in total.